The molecule has 0 aliphatic carbocycles. The summed E-state index contributed by atoms with van der Waals surface area (Å²) in [5, 5.41) is 0. The quantitative estimate of drug-likeness (QED) is 0.709. The van der Waals surface area contributed by atoms with E-state index >= 15 is 0 Å². The maximum absolute atomic E-state index is 5.98. The zero-order valence-corrected chi connectivity index (χ0v) is 10.7. The summed E-state index contributed by atoms with van der Waals surface area (Å²) >= 11 is 0. The van der Waals surface area contributed by atoms with Crippen LogP contribution in [0.2, 0.25) is 0 Å². The summed E-state index contributed by atoms with van der Waals surface area (Å²) in [6.07, 6.45) is 0. The summed E-state index contributed by atoms with van der Waals surface area (Å²) < 4.78 is 11.7. The van der Waals surface area contributed by atoms with Gasteiger partial charge in [0.05, 0.1) is 11.2 Å². The van der Waals surface area contributed by atoms with Crippen molar-refractivity contribution in [2.24, 2.45) is 5.73 Å². The molecule has 0 unspecified atom stereocenters. The van der Waals surface area contributed by atoms with Crippen molar-refractivity contribution >= 4 is 7.12 Å². The molecule has 0 radical (unpaired) electrons. The SMILES string of the molecule is C=C(B1OC(C)(C)C(C)(C)O1)C(C)(C)N. The van der Waals surface area contributed by atoms with E-state index < -0.39 is 12.7 Å². The summed E-state index contributed by atoms with van der Waals surface area (Å²) in [5.41, 5.74) is 5.62. The van der Waals surface area contributed by atoms with Crippen LogP contribution in [0, 0.1) is 0 Å². The van der Waals surface area contributed by atoms with Gasteiger partial charge in [-0.05, 0) is 47.0 Å². The molecule has 0 atom stereocenters. The molecule has 0 amide bonds. The van der Waals surface area contributed by atoms with E-state index in [-0.39, 0.29) is 11.2 Å². The molecular weight excluding hydrogens is 189 g/mol. The van der Waals surface area contributed by atoms with Crippen LogP contribution in [0.5, 0.6) is 0 Å². The van der Waals surface area contributed by atoms with Crippen molar-refractivity contribution < 1.29 is 9.31 Å². The van der Waals surface area contributed by atoms with Gasteiger partial charge in [-0.15, -0.1) is 6.58 Å². The first-order valence-corrected chi connectivity index (χ1v) is 5.31. The second-order valence-electron chi connectivity index (χ2n) is 5.84. The van der Waals surface area contributed by atoms with Gasteiger partial charge in [0.1, 0.15) is 0 Å². The smallest absolute Gasteiger partial charge is 0.400 e. The van der Waals surface area contributed by atoms with Crippen molar-refractivity contribution in [2.45, 2.75) is 58.3 Å². The van der Waals surface area contributed by atoms with Gasteiger partial charge in [-0.25, -0.2) is 0 Å². The topological polar surface area (TPSA) is 44.5 Å². The van der Waals surface area contributed by atoms with E-state index in [9.17, 15) is 0 Å². The van der Waals surface area contributed by atoms with Crippen LogP contribution in [0.1, 0.15) is 41.5 Å². The summed E-state index contributed by atoms with van der Waals surface area (Å²) in [5.74, 6) is 0. The molecule has 1 aliphatic rings. The van der Waals surface area contributed by atoms with Gasteiger partial charge < -0.3 is 15.0 Å². The third-order valence-electron chi connectivity index (χ3n) is 3.37. The summed E-state index contributed by atoms with van der Waals surface area (Å²) in [4.78, 5) is 0. The van der Waals surface area contributed by atoms with E-state index in [1.54, 1.807) is 0 Å². The van der Waals surface area contributed by atoms with Gasteiger partial charge >= 0.3 is 7.12 Å². The van der Waals surface area contributed by atoms with E-state index in [0.717, 1.165) is 5.47 Å². The van der Waals surface area contributed by atoms with Crippen LogP contribution in [-0.2, 0) is 9.31 Å². The second kappa shape index (κ2) is 3.34. The zero-order chi connectivity index (χ0) is 12.1. The molecule has 1 saturated heterocycles. The minimum absolute atomic E-state index is 0.328. The minimum Gasteiger partial charge on any atom is -0.400 e. The Labute approximate surface area is 93.2 Å². The van der Waals surface area contributed by atoms with Crippen molar-refractivity contribution in [1.82, 2.24) is 0 Å². The predicted molar refractivity (Wildman–Crippen MR) is 63.5 cm³/mol. The molecule has 1 fully saturated rings. The fraction of sp³-hybridized carbons (Fsp3) is 0.818. The van der Waals surface area contributed by atoms with Crippen LogP contribution in [-0.4, -0.2) is 23.9 Å². The van der Waals surface area contributed by atoms with Gasteiger partial charge in [-0.3, -0.25) is 0 Å². The molecule has 86 valence electrons. The standard InChI is InChI=1S/C11H22BNO2/c1-8(9(2,3)13)12-14-10(4,5)11(6,7)15-12/h1,13H2,2-7H3. The van der Waals surface area contributed by atoms with Gasteiger partial charge in [-0.1, -0.05) is 0 Å². The normalized spacial score (nSPS) is 24.3. The first-order valence-electron chi connectivity index (χ1n) is 5.31. The highest BCUT2D eigenvalue weighted by Crippen LogP contribution is 2.39. The van der Waals surface area contributed by atoms with Crippen LogP contribution < -0.4 is 5.73 Å². The largest absolute Gasteiger partial charge is 0.491 e. The van der Waals surface area contributed by atoms with Gasteiger partial charge in [0.2, 0.25) is 0 Å². The van der Waals surface area contributed by atoms with E-state index in [2.05, 4.69) is 6.58 Å². The molecule has 0 aromatic heterocycles. The van der Waals surface area contributed by atoms with Crippen molar-refractivity contribution in [1.29, 1.82) is 0 Å². The highest BCUT2D eigenvalue weighted by molar-refractivity contribution is 6.55. The number of nitrogens with two attached hydrogens (primary N) is 1. The zero-order valence-electron chi connectivity index (χ0n) is 10.7. The lowest BCUT2D eigenvalue weighted by atomic mass is 9.69. The van der Waals surface area contributed by atoms with Gasteiger partial charge in [0, 0.05) is 5.54 Å². The minimum atomic E-state index is -0.485. The predicted octanol–water partition coefficient (Wildman–Crippen LogP) is 1.91. The first kappa shape index (κ1) is 12.8. The van der Waals surface area contributed by atoms with Crippen LogP contribution in [0.4, 0.5) is 0 Å². The Morgan fingerprint density at radius 1 is 1.13 bits per heavy atom. The van der Waals surface area contributed by atoms with E-state index in [4.69, 9.17) is 15.0 Å². The Kier molecular flexibility index (Phi) is 2.84. The van der Waals surface area contributed by atoms with E-state index in [1.165, 1.54) is 0 Å². The number of hydrogen-bond donors (Lipinski definition) is 1. The fourth-order valence-electron chi connectivity index (χ4n) is 1.29. The summed E-state index contributed by atoms with van der Waals surface area (Å²) in [6.45, 7) is 15.8. The molecule has 1 rings (SSSR count). The molecule has 0 spiro atoms. The molecule has 0 saturated carbocycles. The third-order valence-corrected chi connectivity index (χ3v) is 3.37. The molecule has 0 bridgehead atoms. The van der Waals surface area contributed by atoms with E-state index in [0.29, 0.717) is 0 Å². The molecule has 4 heteroatoms. The van der Waals surface area contributed by atoms with Crippen LogP contribution in [0.3, 0.4) is 0 Å². The van der Waals surface area contributed by atoms with Crippen LogP contribution in [0.15, 0.2) is 12.1 Å². The first-order chi connectivity index (χ1) is 6.47. The van der Waals surface area contributed by atoms with Gasteiger partial charge in [-0.2, -0.15) is 0 Å². The van der Waals surface area contributed by atoms with E-state index in [1.807, 2.05) is 41.5 Å². The lowest BCUT2D eigenvalue weighted by Gasteiger charge is -2.32. The van der Waals surface area contributed by atoms with Crippen LogP contribution >= 0.6 is 0 Å². The van der Waals surface area contributed by atoms with Crippen LogP contribution in [0.25, 0.3) is 0 Å². The molecule has 3 nitrogen and oxygen atoms in total. The summed E-state index contributed by atoms with van der Waals surface area (Å²) in [6, 6.07) is 0. The Morgan fingerprint density at radius 3 is 1.73 bits per heavy atom. The van der Waals surface area contributed by atoms with Crippen molar-refractivity contribution in [3.8, 4) is 0 Å². The molecule has 1 heterocycles. The van der Waals surface area contributed by atoms with Gasteiger partial charge in [0.15, 0.2) is 0 Å². The summed E-state index contributed by atoms with van der Waals surface area (Å²) in [7, 11) is -0.407. The second-order valence-corrected chi connectivity index (χ2v) is 5.84. The Morgan fingerprint density at radius 2 is 1.47 bits per heavy atom. The fourth-order valence-corrected chi connectivity index (χ4v) is 1.29. The highest BCUT2D eigenvalue weighted by atomic mass is 16.7. The van der Waals surface area contributed by atoms with Crippen molar-refractivity contribution in [2.75, 3.05) is 0 Å². The molecular formula is C11H22BNO2. The average Bonchev–Trinajstić information content (AvgIpc) is 2.18. The molecule has 0 aromatic rings. The van der Waals surface area contributed by atoms with Crippen molar-refractivity contribution in [3.63, 3.8) is 0 Å². The maximum Gasteiger partial charge on any atom is 0.491 e. The maximum atomic E-state index is 5.98. The number of rotatable bonds is 2. The van der Waals surface area contributed by atoms with Gasteiger partial charge in [0.25, 0.3) is 0 Å². The molecule has 15 heavy (non-hydrogen) atoms. The lowest BCUT2D eigenvalue weighted by Crippen LogP contribution is -2.42. The Hall–Kier alpha value is -0.315. The highest BCUT2D eigenvalue weighted by Gasteiger charge is 2.53. The molecule has 1 aliphatic heterocycles. The molecule has 2 N–H and O–H groups in total. The lowest BCUT2D eigenvalue weighted by molar-refractivity contribution is 0.00578. The Bertz CT molecular complexity index is 263. The Balaban J connectivity index is 2.85. The molecule has 0 aromatic carbocycles. The number of hydrogen-bond acceptors (Lipinski definition) is 3. The average molecular weight is 211 g/mol. The monoisotopic (exact) mass is 211 g/mol. The third kappa shape index (κ3) is 2.27. The van der Waals surface area contributed by atoms with Crippen molar-refractivity contribution in [3.05, 3.63) is 12.1 Å².